The molecule has 2 aromatic rings. The van der Waals surface area contributed by atoms with Crippen LogP contribution >= 0.6 is 23.2 Å². The third-order valence-corrected chi connectivity index (χ3v) is 5.19. The molecule has 1 fully saturated rings. The maximum Gasteiger partial charge on any atom is 0.418 e. The molecule has 0 saturated carbocycles. The van der Waals surface area contributed by atoms with E-state index in [0.717, 1.165) is 12.1 Å². The van der Waals surface area contributed by atoms with Crippen molar-refractivity contribution < 1.29 is 22.8 Å². The van der Waals surface area contributed by atoms with Gasteiger partial charge < -0.3 is 16.0 Å². The fourth-order valence-electron chi connectivity index (χ4n) is 3.06. The first-order valence-electron chi connectivity index (χ1n) is 8.27. The average Bonchev–Trinajstić information content (AvgIpc) is 2.62. The lowest BCUT2D eigenvalue weighted by Crippen LogP contribution is -2.52. The number of rotatable bonds is 3. The molecule has 5 nitrogen and oxygen atoms in total. The Morgan fingerprint density at radius 3 is 2.48 bits per heavy atom. The second kappa shape index (κ2) is 7.96. The summed E-state index contributed by atoms with van der Waals surface area (Å²) in [4.78, 5) is 24.9. The first kappa shape index (κ1) is 21.0. The van der Waals surface area contributed by atoms with Crippen LogP contribution in [0.15, 0.2) is 54.7 Å². The Labute approximate surface area is 173 Å². The van der Waals surface area contributed by atoms with Gasteiger partial charge in [-0.15, -0.1) is 0 Å². The van der Waals surface area contributed by atoms with Gasteiger partial charge in [-0.05, 0) is 23.8 Å². The maximum atomic E-state index is 13.2. The third-order valence-electron chi connectivity index (χ3n) is 4.36. The molecule has 0 aromatic heterocycles. The zero-order valence-electron chi connectivity index (χ0n) is 14.6. The summed E-state index contributed by atoms with van der Waals surface area (Å²) in [6.07, 6.45) is -4.66. The number of carbonyl (C=O) groups excluding carboxylic acids is 2. The van der Waals surface area contributed by atoms with Gasteiger partial charge in [-0.3, -0.25) is 4.79 Å². The van der Waals surface area contributed by atoms with Crippen molar-refractivity contribution >= 4 is 40.8 Å². The van der Waals surface area contributed by atoms with Crippen molar-refractivity contribution in [1.82, 2.24) is 10.6 Å². The van der Waals surface area contributed by atoms with Crippen molar-refractivity contribution in [2.45, 2.75) is 12.2 Å². The lowest BCUT2D eigenvalue weighted by Gasteiger charge is -2.34. The molecule has 3 N–H and O–H groups in total. The first-order chi connectivity index (χ1) is 13.6. The van der Waals surface area contributed by atoms with Crippen molar-refractivity contribution in [3.05, 3.63) is 75.9 Å². The summed E-state index contributed by atoms with van der Waals surface area (Å²) >= 11 is 12.2. The molecule has 1 saturated heterocycles. The van der Waals surface area contributed by atoms with Crippen molar-refractivity contribution in [3.8, 4) is 0 Å². The number of anilines is 1. The van der Waals surface area contributed by atoms with E-state index >= 15 is 0 Å². The molecule has 10 heteroatoms. The number of nitrogens with one attached hydrogen (secondary N) is 3. The molecule has 1 heterocycles. The number of alkyl halides is 3. The van der Waals surface area contributed by atoms with Gasteiger partial charge in [-0.25, -0.2) is 4.79 Å². The predicted octanol–water partition coefficient (Wildman–Crippen LogP) is 5.13. The smallest absolute Gasteiger partial charge is 0.330 e. The highest BCUT2D eigenvalue weighted by Crippen LogP contribution is 2.38. The predicted molar refractivity (Wildman–Crippen MR) is 104 cm³/mol. The molecule has 3 rings (SSSR count). The molecule has 1 aliphatic heterocycles. The third kappa shape index (κ3) is 4.33. The molecule has 3 amide bonds. The van der Waals surface area contributed by atoms with Gasteiger partial charge in [0, 0.05) is 5.70 Å². The molecule has 0 unspecified atom stereocenters. The van der Waals surface area contributed by atoms with Crippen LogP contribution in [0.3, 0.4) is 0 Å². The van der Waals surface area contributed by atoms with Crippen molar-refractivity contribution in [3.63, 3.8) is 0 Å². The minimum atomic E-state index is -4.66. The van der Waals surface area contributed by atoms with Gasteiger partial charge in [0.15, 0.2) is 0 Å². The van der Waals surface area contributed by atoms with Crippen molar-refractivity contribution in [1.29, 1.82) is 0 Å². The Balaban J connectivity index is 1.98. The Kier molecular flexibility index (Phi) is 5.77. The molecular formula is C19H14Cl2F3N3O2. The number of amides is 3. The first-order valence-corrected chi connectivity index (χ1v) is 9.02. The number of benzene rings is 2. The van der Waals surface area contributed by atoms with Crippen LogP contribution in [-0.2, 0) is 11.0 Å². The van der Waals surface area contributed by atoms with Crippen LogP contribution in [0, 0.1) is 5.92 Å². The Morgan fingerprint density at radius 1 is 1.10 bits per heavy atom. The second-order valence-corrected chi connectivity index (χ2v) is 7.04. The minimum Gasteiger partial charge on any atom is -0.330 e. The van der Waals surface area contributed by atoms with E-state index in [4.69, 9.17) is 23.2 Å². The summed E-state index contributed by atoms with van der Waals surface area (Å²) in [6, 6.07) is 7.63. The summed E-state index contributed by atoms with van der Waals surface area (Å²) in [5.41, 5.74) is -1.06. The van der Waals surface area contributed by atoms with E-state index in [1.54, 1.807) is 12.1 Å². The standard InChI is InChI=1S/C19H14Cl2F3N3O2/c1-9-14(17(28)26-13-8-3-2-6-11(13)19(22,23)24)16(27-18(29)25-9)10-5-4-7-12(20)15(10)21/h2-8,14,16H,1H2,(H,26,28)(H2,25,27,29)/t14-,16+/m1/s1. The Morgan fingerprint density at radius 2 is 1.79 bits per heavy atom. The quantitative estimate of drug-likeness (QED) is 0.614. The molecule has 0 aliphatic carbocycles. The number of para-hydroxylation sites is 1. The monoisotopic (exact) mass is 443 g/mol. The van der Waals surface area contributed by atoms with Crippen LogP contribution < -0.4 is 16.0 Å². The van der Waals surface area contributed by atoms with Gasteiger partial charge >= 0.3 is 12.2 Å². The lowest BCUT2D eigenvalue weighted by molar-refractivity contribution is -0.137. The molecule has 2 atom stereocenters. The molecule has 152 valence electrons. The second-order valence-electron chi connectivity index (χ2n) is 6.25. The zero-order chi connectivity index (χ0) is 21.3. The van der Waals surface area contributed by atoms with E-state index in [1.165, 1.54) is 18.2 Å². The van der Waals surface area contributed by atoms with Crippen LogP contribution in [0.1, 0.15) is 17.2 Å². The van der Waals surface area contributed by atoms with Gasteiger partial charge in [-0.2, -0.15) is 13.2 Å². The summed E-state index contributed by atoms with van der Waals surface area (Å²) in [5, 5.41) is 7.52. The number of hydrogen-bond acceptors (Lipinski definition) is 2. The fourth-order valence-corrected chi connectivity index (χ4v) is 3.49. The van der Waals surface area contributed by atoms with E-state index in [0.29, 0.717) is 5.56 Å². The molecule has 1 aliphatic rings. The number of urea groups is 1. The fraction of sp³-hybridized carbons (Fsp3) is 0.158. The summed E-state index contributed by atoms with van der Waals surface area (Å²) in [6.45, 7) is 3.68. The van der Waals surface area contributed by atoms with Crippen LogP contribution in [0.2, 0.25) is 10.0 Å². The number of hydrogen-bond donors (Lipinski definition) is 3. The largest absolute Gasteiger partial charge is 0.418 e. The Hall–Kier alpha value is -2.71. The van der Waals surface area contributed by atoms with Gasteiger partial charge in [-0.1, -0.05) is 54.0 Å². The molecular weight excluding hydrogens is 430 g/mol. The van der Waals surface area contributed by atoms with Crippen LogP contribution in [0.4, 0.5) is 23.7 Å². The number of carbonyl (C=O) groups is 2. The van der Waals surface area contributed by atoms with E-state index in [9.17, 15) is 22.8 Å². The maximum absolute atomic E-state index is 13.2. The molecule has 0 spiro atoms. The molecule has 0 radical (unpaired) electrons. The van der Waals surface area contributed by atoms with Gasteiger partial charge in [0.05, 0.1) is 27.3 Å². The molecule has 29 heavy (non-hydrogen) atoms. The Bertz CT molecular complexity index is 995. The van der Waals surface area contributed by atoms with Gasteiger partial charge in [0.25, 0.3) is 0 Å². The normalized spacial score (nSPS) is 19.3. The summed E-state index contributed by atoms with van der Waals surface area (Å²) in [7, 11) is 0. The van der Waals surface area contributed by atoms with E-state index in [-0.39, 0.29) is 15.7 Å². The van der Waals surface area contributed by atoms with Crippen molar-refractivity contribution in [2.24, 2.45) is 5.92 Å². The SMILES string of the molecule is C=C1NC(=O)N[C@@H](c2cccc(Cl)c2Cl)[C@@H]1C(=O)Nc1ccccc1C(F)(F)F. The minimum absolute atomic E-state index is 0.0109. The highest BCUT2D eigenvalue weighted by molar-refractivity contribution is 6.42. The van der Waals surface area contributed by atoms with E-state index in [2.05, 4.69) is 22.5 Å². The number of halogens is 5. The zero-order valence-corrected chi connectivity index (χ0v) is 16.1. The van der Waals surface area contributed by atoms with Crippen LogP contribution in [-0.4, -0.2) is 11.9 Å². The average molecular weight is 444 g/mol. The summed E-state index contributed by atoms with van der Waals surface area (Å²) < 4.78 is 39.7. The van der Waals surface area contributed by atoms with Crippen LogP contribution in [0.25, 0.3) is 0 Å². The molecule has 0 bridgehead atoms. The van der Waals surface area contributed by atoms with E-state index in [1.807, 2.05) is 0 Å². The van der Waals surface area contributed by atoms with E-state index < -0.39 is 41.3 Å². The van der Waals surface area contributed by atoms with Crippen LogP contribution in [0.5, 0.6) is 0 Å². The topological polar surface area (TPSA) is 70.2 Å². The van der Waals surface area contributed by atoms with Gasteiger partial charge in [0.1, 0.15) is 5.92 Å². The molecule has 2 aromatic carbocycles. The summed E-state index contributed by atoms with van der Waals surface area (Å²) in [5.74, 6) is -1.95. The van der Waals surface area contributed by atoms with Crippen molar-refractivity contribution in [2.75, 3.05) is 5.32 Å². The van der Waals surface area contributed by atoms with Gasteiger partial charge in [0.2, 0.25) is 5.91 Å². The lowest BCUT2D eigenvalue weighted by atomic mass is 9.88. The highest BCUT2D eigenvalue weighted by atomic mass is 35.5. The highest BCUT2D eigenvalue weighted by Gasteiger charge is 2.40.